The van der Waals surface area contributed by atoms with Gasteiger partial charge in [0.1, 0.15) is 11.6 Å². The zero-order chi connectivity index (χ0) is 19.5. The molecule has 0 saturated carbocycles. The van der Waals surface area contributed by atoms with Crippen LogP contribution in [0, 0.1) is 5.82 Å². The van der Waals surface area contributed by atoms with E-state index in [0.717, 1.165) is 12.2 Å². The van der Waals surface area contributed by atoms with Gasteiger partial charge in [0.25, 0.3) is 0 Å². The molecule has 1 aromatic carbocycles. The first-order chi connectivity index (χ1) is 13.6. The minimum Gasteiger partial charge on any atom is -0.369 e. The molecular weight excluding hydrogens is 361 g/mol. The molecule has 144 valence electrons. The lowest BCUT2D eigenvalue weighted by molar-refractivity contribution is 0.369. The van der Waals surface area contributed by atoms with Crippen LogP contribution >= 0.6 is 0 Å². The van der Waals surface area contributed by atoms with E-state index in [0.29, 0.717) is 41.7 Å². The average Bonchev–Trinajstić information content (AvgIpc) is 3.33. The Bertz CT molecular complexity index is 1090. The summed E-state index contributed by atoms with van der Waals surface area (Å²) in [4.78, 5) is 4.36. The molecule has 9 heteroatoms. The Morgan fingerprint density at radius 2 is 2.00 bits per heavy atom. The number of rotatable bonds is 7. The van der Waals surface area contributed by atoms with Gasteiger partial charge in [-0.25, -0.2) is 4.39 Å². The first-order valence-corrected chi connectivity index (χ1v) is 9.15. The molecule has 4 rings (SSSR count). The summed E-state index contributed by atoms with van der Waals surface area (Å²) in [6.45, 7) is 4.73. The lowest BCUT2D eigenvalue weighted by atomic mass is 10.2. The second-order valence-corrected chi connectivity index (χ2v) is 6.72. The highest BCUT2D eigenvalue weighted by atomic mass is 19.1. The summed E-state index contributed by atoms with van der Waals surface area (Å²) in [5.74, 6) is 2.26. The Hall–Kier alpha value is -3.36. The number of anilines is 1. The highest BCUT2D eigenvalue weighted by Crippen LogP contribution is 2.21. The molecule has 3 aromatic heterocycles. The summed E-state index contributed by atoms with van der Waals surface area (Å²) in [6, 6.07) is 10.0. The van der Waals surface area contributed by atoms with Gasteiger partial charge in [0.15, 0.2) is 17.3 Å². The van der Waals surface area contributed by atoms with Crippen LogP contribution in [0.2, 0.25) is 0 Å². The van der Waals surface area contributed by atoms with Crippen molar-refractivity contribution in [2.45, 2.75) is 32.6 Å². The summed E-state index contributed by atoms with van der Waals surface area (Å²) in [6.07, 6.45) is 1.49. The molecule has 3 heterocycles. The Morgan fingerprint density at radius 3 is 2.79 bits per heavy atom. The third-order valence-corrected chi connectivity index (χ3v) is 4.25. The van der Waals surface area contributed by atoms with E-state index in [9.17, 15) is 4.39 Å². The van der Waals surface area contributed by atoms with Crippen LogP contribution in [-0.2, 0) is 6.42 Å². The maximum atomic E-state index is 14.1. The summed E-state index contributed by atoms with van der Waals surface area (Å²) in [5.41, 5.74) is 0.910. The van der Waals surface area contributed by atoms with Crippen molar-refractivity contribution in [3.8, 4) is 11.4 Å². The van der Waals surface area contributed by atoms with Crippen LogP contribution in [0.1, 0.15) is 37.9 Å². The molecule has 28 heavy (non-hydrogen) atoms. The largest absolute Gasteiger partial charge is 0.369 e. The average molecular weight is 381 g/mol. The van der Waals surface area contributed by atoms with Crippen LogP contribution in [0.3, 0.4) is 0 Å². The van der Waals surface area contributed by atoms with Crippen LogP contribution in [-0.4, -0.2) is 36.5 Å². The Balaban J connectivity index is 1.43. The van der Waals surface area contributed by atoms with Crippen LogP contribution < -0.4 is 5.32 Å². The van der Waals surface area contributed by atoms with Gasteiger partial charge in [-0.1, -0.05) is 31.1 Å². The van der Waals surface area contributed by atoms with E-state index >= 15 is 0 Å². The van der Waals surface area contributed by atoms with Crippen molar-refractivity contribution in [1.82, 2.24) is 30.0 Å². The predicted octanol–water partition coefficient (Wildman–Crippen LogP) is 3.48. The van der Waals surface area contributed by atoms with E-state index in [1.165, 1.54) is 10.6 Å². The zero-order valence-corrected chi connectivity index (χ0v) is 15.6. The topological polar surface area (TPSA) is 94.0 Å². The van der Waals surface area contributed by atoms with Crippen molar-refractivity contribution in [3.05, 3.63) is 53.9 Å². The van der Waals surface area contributed by atoms with Crippen LogP contribution in [0.25, 0.3) is 17.0 Å². The second-order valence-electron chi connectivity index (χ2n) is 6.72. The smallest absolute Gasteiger partial charge is 0.226 e. The van der Waals surface area contributed by atoms with Crippen LogP contribution in [0.5, 0.6) is 0 Å². The molecule has 0 unspecified atom stereocenters. The van der Waals surface area contributed by atoms with Gasteiger partial charge in [0.2, 0.25) is 5.89 Å². The molecule has 0 fully saturated rings. The van der Waals surface area contributed by atoms with Gasteiger partial charge in [-0.15, -0.1) is 15.3 Å². The molecule has 0 atom stereocenters. The molecule has 0 bridgehead atoms. The summed E-state index contributed by atoms with van der Waals surface area (Å²) < 4.78 is 20.9. The molecule has 0 saturated heterocycles. The SMILES string of the molecule is CC(C)c1noc(CCCNc2ccc3nnc(-c4ccccc4F)n3n2)n1. The van der Waals surface area contributed by atoms with Crippen molar-refractivity contribution in [2.24, 2.45) is 0 Å². The number of fused-ring (bicyclic) bond motifs is 1. The van der Waals surface area contributed by atoms with E-state index in [-0.39, 0.29) is 11.7 Å². The van der Waals surface area contributed by atoms with Gasteiger partial charge in [-0.05, 0) is 30.7 Å². The minimum atomic E-state index is -0.364. The van der Waals surface area contributed by atoms with E-state index in [2.05, 4.69) is 30.8 Å². The summed E-state index contributed by atoms with van der Waals surface area (Å²) in [7, 11) is 0. The molecule has 4 aromatic rings. The standard InChI is InChI=1S/C19H20FN7O/c1-12(2)18-22-17(28-26-18)8-5-11-21-15-9-10-16-23-24-19(27(16)25-15)13-6-3-4-7-14(13)20/h3-4,6-7,9-10,12H,5,8,11H2,1-2H3,(H,21,25). The number of nitrogens with one attached hydrogen (secondary N) is 1. The van der Waals surface area contributed by atoms with E-state index in [1.54, 1.807) is 24.3 Å². The number of hydrogen-bond acceptors (Lipinski definition) is 7. The third-order valence-electron chi connectivity index (χ3n) is 4.25. The third kappa shape index (κ3) is 3.68. The van der Waals surface area contributed by atoms with Crippen molar-refractivity contribution in [3.63, 3.8) is 0 Å². The lowest BCUT2D eigenvalue weighted by Crippen LogP contribution is -2.07. The van der Waals surface area contributed by atoms with Crippen molar-refractivity contribution < 1.29 is 8.91 Å². The molecule has 0 aliphatic rings. The molecule has 0 radical (unpaired) electrons. The molecule has 1 N–H and O–H groups in total. The van der Waals surface area contributed by atoms with Crippen LogP contribution in [0.4, 0.5) is 10.2 Å². The van der Waals surface area contributed by atoms with Crippen molar-refractivity contribution in [2.75, 3.05) is 11.9 Å². The van der Waals surface area contributed by atoms with E-state index < -0.39 is 0 Å². The van der Waals surface area contributed by atoms with E-state index in [1.807, 2.05) is 19.9 Å². The van der Waals surface area contributed by atoms with Crippen LogP contribution in [0.15, 0.2) is 40.9 Å². The Kier molecular flexibility index (Phi) is 4.96. The van der Waals surface area contributed by atoms with Crippen molar-refractivity contribution in [1.29, 1.82) is 0 Å². The number of halogens is 1. The fraction of sp³-hybridized carbons (Fsp3) is 0.316. The first kappa shape index (κ1) is 18.0. The maximum Gasteiger partial charge on any atom is 0.226 e. The second kappa shape index (κ2) is 7.71. The van der Waals surface area contributed by atoms with E-state index in [4.69, 9.17) is 4.52 Å². The normalized spacial score (nSPS) is 11.4. The molecule has 0 aliphatic heterocycles. The zero-order valence-electron chi connectivity index (χ0n) is 15.6. The number of nitrogens with zero attached hydrogens (tertiary/aromatic N) is 6. The highest BCUT2D eigenvalue weighted by Gasteiger charge is 2.13. The monoisotopic (exact) mass is 381 g/mol. The first-order valence-electron chi connectivity index (χ1n) is 9.15. The highest BCUT2D eigenvalue weighted by molar-refractivity contribution is 5.60. The van der Waals surface area contributed by atoms with Gasteiger partial charge < -0.3 is 9.84 Å². The number of hydrogen-bond donors (Lipinski definition) is 1. The molecular formula is C19H20FN7O. The lowest BCUT2D eigenvalue weighted by Gasteiger charge is -2.06. The Morgan fingerprint density at radius 1 is 1.14 bits per heavy atom. The fourth-order valence-corrected chi connectivity index (χ4v) is 2.75. The minimum absolute atomic E-state index is 0.249. The molecule has 0 spiro atoms. The summed E-state index contributed by atoms with van der Waals surface area (Å²) in [5, 5.41) is 19.8. The van der Waals surface area contributed by atoms with Gasteiger partial charge in [0.05, 0.1) is 5.56 Å². The summed E-state index contributed by atoms with van der Waals surface area (Å²) >= 11 is 0. The fourth-order valence-electron chi connectivity index (χ4n) is 2.75. The maximum absolute atomic E-state index is 14.1. The van der Waals surface area contributed by atoms with Gasteiger partial charge in [0, 0.05) is 18.9 Å². The quantitative estimate of drug-likeness (QED) is 0.490. The predicted molar refractivity (Wildman–Crippen MR) is 101 cm³/mol. The number of benzene rings is 1. The Labute approximate surface area is 160 Å². The van der Waals surface area contributed by atoms with Gasteiger partial charge in [-0.3, -0.25) is 0 Å². The number of aryl methyl sites for hydroxylation is 1. The van der Waals surface area contributed by atoms with Gasteiger partial charge >= 0.3 is 0 Å². The molecule has 0 aliphatic carbocycles. The number of aromatic nitrogens is 6. The molecule has 0 amide bonds. The van der Waals surface area contributed by atoms with Crippen molar-refractivity contribution >= 4 is 11.5 Å². The van der Waals surface area contributed by atoms with Gasteiger partial charge in [-0.2, -0.15) is 9.50 Å². The molecule has 8 nitrogen and oxygen atoms in total.